The Hall–Kier alpha value is -4.38. The zero-order chi connectivity index (χ0) is 31.1. The summed E-state index contributed by atoms with van der Waals surface area (Å²) in [6, 6.07) is 7.85. The summed E-state index contributed by atoms with van der Waals surface area (Å²) < 4.78 is 27.3. The van der Waals surface area contributed by atoms with Crippen LogP contribution in [-0.4, -0.2) is 69.9 Å². The van der Waals surface area contributed by atoms with Gasteiger partial charge in [0, 0.05) is 56.1 Å². The highest BCUT2D eigenvalue weighted by atomic mass is 31.2. The summed E-state index contributed by atoms with van der Waals surface area (Å²) in [4.78, 5) is 18.6. The topological polar surface area (TPSA) is 141 Å². The first-order valence-electron chi connectivity index (χ1n) is 15.0. The molecule has 3 N–H and O–H groups in total. The fourth-order valence-corrected chi connectivity index (χ4v) is 7.26. The maximum Gasteiger partial charge on any atom is 0.229 e. The third kappa shape index (κ3) is 6.01. The minimum absolute atomic E-state index is 0.129. The van der Waals surface area contributed by atoms with Gasteiger partial charge in [-0.15, -0.1) is 0 Å². The van der Waals surface area contributed by atoms with E-state index in [4.69, 9.17) is 19.4 Å². The van der Waals surface area contributed by atoms with Crippen molar-refractivity contribution in [2.45, 2.75) is 24.9 Å². The molecule has 1 unspecified atom stereocenters. The van der Waals surface area contributed by atoms with E-state index in [1.54, 1.807) is 37.5 Å². The van der Waals surface area contributed by atoms with Crippen molar-refractivity contribution in [2.75, 3.05) is 50.8 Å². The summed E-state index contributed by atoms with van der Waals surface area (Å²) in [6.45, 7) is 5.66. The molecule has 2 aromatic carbocycles. The standard InChI is InChI=1S/C32H36N9O3P/c1-41-18-20(15-37-41)21-13-26(27(43-2)14-22(21)28-17-33-11-12-44-28)39-32-36-16-23(19-5-6-19)31(40-32)38-25-8-7-24-29(35-10-9-34-24)30(25)45(3,4)42/h7-10,13-16,18-19,28,33H,5-6,11-12,17H2,1-4H3,(H2,36,38,39,40). The highest BCUT2D eigenvalue weighted by molar-refractivity contribution is 7.71. The van der Waals surface area contributed by atoms with E-state index in [0.29, 0.717) is 64.3 Å². The van der Waals surface area contributed by atoms with Crippen LogP contribution in [0.1, 0.15) is 36.0 Å². The van der Waals surface area contributed by atoms with Gasteiger partial charge in [0.25, 0.3) is 0 Å². The molecule has 0 radical (unpaired) electrons. The normalized spacial score (nSPS) is 16.9. The van der Waals surface area contributed by atoms with Crippen LogP contribution in [0.25, 0.3) is 22.2 Å². The van der Waals surface area contributed by atoms with Crippen molar-refractivity contribution in [1.29, 1.82) is 0 Å². The van der Waals surface area contributed by atoms with Crippen LogP contribution in [0, 0.1) is 0 Å². The Kier molecular flexibility index (Phi) is 7.72. The molecule has 0 bridgehead atoms. The second kappa shape index (κ2) is 11.8. The van der Waals surface area contributed by atoms with Gasteiger partial charge in [0.1, 0.15) is 24.2 Å². The number of methoxy groups -OCH3 is 1. The maximum atomic E-state index is 13.6. The Bertz CT molecular complexity index is 1930. The summed E-state index contributed by atoms with van der Waals surface area (Å²) in [5, 5.41) is 15.4. The first-order chi connectivity index (χ1) is 21.8. The average molecular weight is 626 g/mol. The fourth-order valence-electron chi connectivity index (χ4n) is 5.86. The van der Waals surface area contributed by atoms with Crippen LogP contribution in [0.4, 0.5) is 23.1 Å². The number of ether oxygens (including phenoxy) is 2. The Morgan fingerprint density at radius 2 is 1.89 bits per heavy atom. The van der Waals surface area contributed by atoms with Gasteiger partial charge in [-0.3, -0.25) is 14.6 Å². The number of aryl methyl sites for hydroxylation is 1. The molecule has 1 saturated carbocycles. The van der Waals surface area contributed by atoms with E-state index in [2.05, 4.69) is 31.0 Å². The number of hydrogen-bond donors (Lipinski definition) is 3. The van der Waals surface area contributed by atoms with Crippen molar-refractivity contribution in [2.24, 2.45) is 7.05 Å². The lowest BCUT2D eigenvalue weighted by atomic mass is 9.96. The summed E-state index contributed by atoms with van der Waals surface area (Å²) in [5.74, 6) is 2.08. The molecule has 1 aliphatic heterocycles. The summed E-state index contributed by atoms with van der Waals surface area (Å²) in [5.41, 5.74) is 6.72. The summed E-state index contributed by atoms with van der Waals surface area (Å²) >= 11 is 0. The zero-order valence-electron chi connectivity index (χ0n) is 25.7. The second-order valence-corrected chi connectivity index (χ2v) is 15.0. The third-order valence-electron chi connectivity index (χ3n) is 8.15. The molecule has 2 aliphatic rings. The molecule has 3 aromatic heterocycles. The van der Waals surface area contributed by atoms with Gasteiger partial charge in [-0.1, -0.05) is 0 Å². The van der Waals surface area contributed by atoms with Crippen LogP contribution >= 0.6 is 7.14 Å². The number of aromatic nitrogens is 6. The smallest absolute Gasteiger partial charge is 0.229 e. The molecule has 13 heteroatoms. The second-order valence-electron chi connectivity index (χ2n) is 11.9. The van der Waals surface area contributed by atoms with E-state index in [9.17, 15) is 4.57 Å². The Balaban J connectivity index is 1.29. The number of fused-ring (bicyclic) bond motifs is 1. The van der Waals surface area contributed by atoms with Gasteiger partial charge < -0.3 is 30.0 Å². The highest BCUT2D eigenvalue weighted by Gasteiger charge is 2.30. The molecular weight excluding hydrogens is 589 g/mol. The van der Waals surface area contributed by atoms with Crippen molar-refractivity contribution >= 4 is 46.6 Å². The van der Waals surface area contributed by atoms with E-state index >= 15 is 0 Å². The molecule has 232 valence electrons. The van der Waals surface area contributed by atoms with E-state index in [-0.39, 0.29) is 6.10 Å². The largest absolute Gasteiger partial charge is 0.495 e. The van der Waals surface area contributed by atoms with E-state index in [1.807, 2.05) is 49.9 Å². The van der Waals surface area contributed by atoms with E-state index in [1.165, 1.54) is 0 Å². The van der Waals surface area contributed by atoms with Gasteiger partial charge in [-0.2, -0.15) is 10.1 Å². The third-order valence-corrected chi connectivity index (χ3v) is 9.68. The number of nitrogens with one attached hydrogen (secondary N) is 3. The van der Waals surface area contributed by atoms with Crippen molar-refractivity contribution in [3.05, 3.63) is 66.4 Å². The first kappa shape index (κ1) is 29.3. The number of nitrogens with zero attached hydrogens (tertiary/aromatic N) is 6. The van der Waals surface area contributed by atoms with Gasteiger partial charge in [-0.05, 0) is 67.5 Å². The van der Waals surface area contributed by atoms with E-state index in [0.717, 1.165) is 41.6 Å². The predicted molar refractivity (Wildman–Crippen MR) is 176 cm³/mol. The average Bonchev–Trinajstić information content (AvgIpc) is 3.79. The summed E-state index contributed by atoms with van der Waals surface area (Å²) in [7, 11) is 0.799. The number of anilines is 4. The lowest BCUT2D eigenvalue weighted by Crippen LogP contribution is -2.33. The Morgan fingerprint density at radius 3 is 2.60 bits per heavy atom. The quantitative estimate of drug-likeness (QED) is 0.188. The number of hydrogen-bond acceptors (Lipinski definition) is 11. The minimum atomic E-state index is -2.75. The molecule has 5 aromatic rings. The monoisotopic (exact) mass is 625 g/mol. The number of rotatable bonds is 9. The molecule has 7 rings (SSSR count). The van der Waals surface area contributed by atoms with Crippen LogP contribution in [-0.2, 0) is 16.3 Å². The Morgan fingerprint density at radius 1 is 1.04 bits per heavy atom. The minimum Gasteiger partial charge on any atom is -0.495 e. The van der Waals surface area contributed by atoms with Crippen LogP contribution in [0.15, 0.2) is 55.2 Å². The van der Waals surface area contributed by atoms with Crippen LogP contribution < -0.4 is 26.0 Å². The van der Waals surface area contributed by atoms with Crippen molar-refractivity contribution in [3.63, 3.8) is 0 Å². The molecule has 0 amide bonds. The van der Waals surface area contributed by atoms with Crippen LogP contribution in [0.5, 0.6) is 5.75 Å². The van der Waals surface area contributed by atoms with Crippen molar-refractivity contribution in [3.8, 4) is 16.9 Å². The number of benzene rings is 2. The van der Waals surface area contributed by atoms with Crippen molar-refractivity contribution in [1.82, 2.24) is 35.0 Å². The van der Waals surface area contributed by atoms with Gasteiger partial charge in [0.05, 0.1) is 48.2 Å². The van der Waals surface area contributed by atoms with E-state index < -0.39 is 7.14 Å². The molecule has 4 heterocycles. The molecule has 12 nitrogen and oxygen atoms in total. The molecule has 45 heavy (non-hydrogen) atoms. The SMILES string of the molecule is COc1cc(C2CNCCO2)c(-c2cnn(C)c2)cc1Nc1ncc(C2CC2)c(Nc2ccc3nccnc3c2P(C)(C)=O)n1. The van der Waals surface area contributed by atoms with Gasteiger partial charge in [0.2, 0.25) is 5.95 Å². The highest BCUT2D eigenvalue weighted by Crippen LogP contribution is 2.46. The predicted octanol–water partition coefficient (Wildman–Crippen LogP) is 5.10. The molecule has 1 atom stereocenters. The van der Waals surface area contributed by atoms with Gasteiger partial charge >= 0.3 is 0 Å². The van der Waals surface area contributed by atoms with Gasteiger partial charge in [-0.25, -0.2) is 4.98 Å². The van der Waals surface area contributed by atoms with Crippen LogP contribution in [0.3, 0.4) is 0 Å². The molecule has 1 aliphatic carbocycles. The molecule has 0 spiro atoms. The van der Waals surface area contributed by atoms with Crippen LogP contribution in [0.2, 0.25) is 0 Å². The number of morpholine rings is 1. The fraction of sp³-hybridized carbons (Fsp3) is 0.344. The molecular formula is C32H36N9O3P. The Labute approximate surface area is 261 Å². The molecule has 2 fully saturated rings. The maximum absolute atomic E-state index is 13.6. The lowest BCUT2D eigenvalue weighted by molar-refractivity contribution is 0.0279. The zero-order valence-corrected chi connectivity index (χ0v) is 26.6. The lowest BCUT2D eigenvalue weighted by Gasteiger charge is -2.27. The van der Waals surface area contributed by atoms with Gasteiger partial charge in [0.15, 0.2) is 0 Å². The first-order valence-corrected chi connectivity index (χ1v) is 17.6. The summed E-state index contributed by atoms with van der Waals surface area (Å²) in [6.07, 6.45) is 11.0. The van der Waals surface area contributed by atoms with Crippen molar-refractivity contribution < 1.29 is 14.0 Å². The molecule has 1 saturated heterocycles.